The van der Waals surface area contributed by atoms with Crippen LogP contribution >= 0.6 is 0 Å². The molecule has 0 bridgehead atoms. The molecule has 1 unspecified atom stereocenters. The van der Waals surface area contributed by atoms with Gasteiger partial charge in [-0.15, -0.1) is 0 Å². The molecule has 0 aromatic rings. The summed E-state index contributed by atoms with van der Waals surface area (Å²) in [5, 5.41) is 0. The number of esters is 1. The molecule has 0 saturated heterocycles. The van der Waals surface area contributed by atoms with E-state index >= 15 is 0 Å². The van der Waals surface area contributed by atoms with E-state index in [-0.39, 0.29) is 5.97 Å². The third-order valence-electron chi connectivity index (χ3n) is 5.92. The van der Waals surface area contributed by atoms with Gasteiger partial charge >= 0.3 is 5.97 Å². The predicted molar refractivity (Wildman–Crippen MR) is 128 cm³/mol. The molecule has 0 spiro atoms. The molecule has 0 aliphatic heterocycles. The molecule has 0 aromatic heterocycles. The van der Waals surface area contributed by atoms with Crippen LogP contribution in [0.2, 0.25) is 0 Å². The van der Waals surface area contributed by atoms with Gasteiger partial charge in [0.15, 0.2) is 0 Å². The van der Waals surface area contributed by atoms with Crippen molar-refractivity contribution in [3.63, 3.8) is 0 Å². The lowest BCUT2D eigenvalue weighted by Crippen LogP contribution is -2.13. The maximum atomic E-state index is 11.9. The molecule has 0 aliphatic carbocycles. The molecule has 0 radical (unpaired) electrons. The van der Waals surface area contributed by atoms with E-state index in [9.17, 15) is 4.79 Å². The van der Waals surface area contributed by atoms with Crippen LogP contribution in [0.15, 0.2) is 12.2 Å². The van der Waals surface area contributed by atoms with Crippen LogP contribution in [0.4, 0.5) is 0 Å². The molecule has 0 amide bonds. The van der Waals surface area contributed by atoms with Crippen molar-refractivity contribution < 1.29 is 9.53 Å². The van der Waals surface area contributed by atoms with E-state index in [4.69, 9.17) is 4.74 Å². The highest BCUT2D eigenvalue weighted by atomic mass is 16.5. The first kappa shape index (κ1) is 28.2. The molecule has 172 valence electrons. The van der Waals surface area contributed by atoms with Gasteiger partial charge in [-0.25, -0.2) is 0 Å². The van der Waals surface area contributed by atoms with Crippen LogP contribution in [-0.4, -0.2) is 12.6 Å². The van der Waals surface area contributed by atoms with Crippen LogP contribution in [0, 0.1) is 5.92 Å². The van der Waals surface area contributed by atoms with Crippen LogP contribution in [-0.2, 0) is 9.53 Å². The fourth-order valence-corrected chi connectivity index (χ4v) is 3.71. The molecule has 0 heterocycles. The smallest absolute Gasteiger partial charge is 0.305 e. The summed E-state index contributed by atoms with van der Waals surface area (Å²) in [7, 11) is 0. The van der Waals surface area contributed by atoms with Crippen molar-refractivity contribution in [2.24, 2.45) is 5.92 Å². The van der Waals surface area contributed by atoms with Gasteiger partial charge in [0, 0.05) is 6.42 Å². The minimum atomic E-state index is 0.0107. The van der Waals surface area contributed by atoms with E-state index in [2.05, 4.69) is 32.9 Å². The van der Waals surface area contributed by atoms with Gasteiger partial charge in [0.25, 0.3) is 0 Å². The summed E-state index contributed by atoms with van der Waals surface area (Å²) in [6.07, 6.45) is 28.2. The van der Waals surface area contributed by atoms with Crippen molar-refractivity contribution in [1.82, 2.24) is 0 Å². The highest BCUT2D eigenvalue weighted by Crippen LogP contribution is 2.15. The molecule has 0 aromatic carbocycles. The third kappa shape index (κ3) is 21.7. The van der Waals surface area contributed by atoms with Gasteiger partial charge in [-0.1, -0.05) is 110 Å². The van der Waals surface area contributed by atoms with Gasteiger partial charge in [-0.3, -0.25) is 4.79 Å². The summed E-state index contributed by atoms with van der Waals surface area (Å²) in [6.45, 7) is 7.34. The van der Waals surface area contributed by atoms with Crippen LogP contribution in [0.5, 0.6) is 0 Å². The summed E-state index contributed by atoms with van der Waals surface area (Å²) in [6, 6.07) is 0. The molecule has 0 fully saturated rings. The van der Waals surface area contributed by atoms with E-state index in [0.717, 1.165) is 19.3 Å². The van der Waals surface area contributed by atoms with Crippen LogP contribution in [0.1, 0.15) is 143 Å². The van der Waals surface area contributed by atoms with Gasteiger partial charge in [0.05, 0.1) is 6.61 Å². The number of hydrogen-bond donors (Lipinski definition) is 0. The lowest BCUT2D eigenvalue weighted by molar-refractivity contribution is -0.145. The second-order valence-electron chi connectivity index (χ2n) is 8.79. The second kappa shape index (κ2) is 23.5. The molecular formula is C27H52O2. The monoisotopic (exact) mass is 408 g/mol. The van der Waals surface area contributed by atoms with Gasteiger partial charge in [-0.2, -0.15) is 0 Å². The SMILES string of the molecule is CCCCCCCC/C=C/CCCCCCCC(=O)OCC(CC)CCCCC. The number of rotatable bonds is 22. The molecule has 0 N–H and O–H groups in total. The molecule has 0 aliphatic rings. The Labute approximate surface area is 183 Å². The number of carbonyl (C=O) groups is 1. The summed E-state index contributed by atoms with van der Waals surface area (Å²) in [5.74, 6) is 0.566. The van der Waals surface area contributed by atoms with E-state index in [1.165, 1.54) is 96.3 Å². The topological polar surface area (TPSA) is 26.3 Å². The first-order valence-corrected chi connectivity index (χ1v) is 13.0. The van der Waals surface area contributed by atoms with Gasteiger partial charge in [0.2, 0.25) is 0 Å². The average Bonchev–Trinajstić information content (AvgIpc) is 2.73. The van der Waals surface area contributed by atoms with Crippen molar-refractivity contribution in [3.05, 3.63) is 12.2 Å². The van der Waals surface area contributed by atoms with Gasteiger partial charge in [-0.05, 0) is 44.4 Å². The zero-order valence-electron chi connectivity index (χ0n) is 20.2. The molecule has 29 heavy (non-hydrogen) atoms. The maximum Gasteiger partial charge on any atom is 0.305 e. The Morgan fingerprint density at radius 3 is 1.79 bits per heavy atom. The Bertz CT molecular complexity index is 362. The van der Waals surface area contributed by atoms with E-state index in [1.54, 1.807) is 0 Å². The van der Waals surface area contributed by atoms with Crippen molar-refractivity contribution in [3.8, 4) is 0 Å². The molecule has 2 nitrogen and oxygen atoms in total. The zero-order chi connectivity index (χ0) is 21.4. The normalized spacial score (nSPS) is 12.5. The molecule has 0 rings (SSSR count). The van der Waals surface area contributed by atoms with Crippen molar-refractivity contribution in [1.29, 1.82) is 0 Å². The highest BCUT2D eigenvalue weighted by molar-refractivity contribution is 5.69. The summed E-state index contributed by atoms with van der Waals surface area (Å²) in [4.78, 5) is 11.9. The Balaban J connectivity index is 3.38. The summed E-state index contributed by atoms with van der Waals surface area (Å²) >= 11 is 0. The fraction of sp³-hybridized carbons (Fsp3) is 0.889. The first-order valence-electron chi connectivity index (χ1n) is 13.0. The summed E-state index contributed by atoms with van der Waals surface area (Å²) in [5.41, 5.74) is 0. The lowest BCUT2D eigenvalue weighted by Gasteiger charge is -2.14. The van der Waals surface area contributed by atoms with E-state index in [0.29, 0.717) is 18.9 Å². The van der Waals surface area contributed by atoms with Crippen molar-refractivity contribution >= 4 is 5.97 Å². The largest absolute Gasteiger partial charge is 0.465 e. The third-order valence-corrected chi connectivity index (χ3v) is 5.92. The van der Waals surface area contributed by atoms with Crippen molar-refractivity contribution in [2.45, 2.75) is 143 Å². The van der Waals surface area contributed by atoms with Gasteiger partial charge < -0.3 is 4.74 Å². The Morgan fingerprint density at radius 2 is 1.21 bits per heavy atom. The molecular weight excluding hydrogens is 356 g/mol. The fourth-order valence-electron chi connectivity index (χ4n) is 3.71. The number of ether oxygens (including phenoxy) is 1. The summed E-state index contributed by atoms with van der Waals surface area (Å²) < 4.78 is 5.50. The lowest BCUT2D eigenvalue weighted by atomic mass is 10.00. The zero-order valence-corrected chi connectivity index (χ0v) is 20.2. The van der Waals surface area contributed by atoms with Crippen LogP contribution < -0.4 is 0 Å². The average molecular weight is 409 g/mol. The highest BCUT2D eigenvalue weighted by Gasteiger charge is 2.10. The second-order valence-corrected chi connectivity index (χ2v) is 8.79. The van der Waals surface area contributed by atoms with Gasteiger partial charge in [0.1, 0.15) is 0 Å². The Hall–Kier alpha value is -0.790. The number of allylic oxidation sites excluding steroid dienone is 2. The first-order chi connectivity index (χ1) is 14.2. The number of hydrogen-bond acceptors (Lipinski definition) is 2. The quantitative estimate of drug-likeness (QED) is 0.101. The van der Waals surface area contributed by atoms with Crippen molar-refractivity contribution in [2.75, 3.05) is 6.61 Å². The van der Waals surface area contributed by atoms with E-state index in [1.807, 2.05) is 0 Å². The minimum Gasteiger partial charge on any atom is -0.465 e. The predicted octanol–water partition coefficient (Wildman–Crippen LogP) is 9.17. The van der Waals surface area contributed by atoms with Crippen LogP contribution in [0.3, 0.4) is 0 Å². The molecule has 1 atom stereocenters. The molecule has 0 saturated carbocycles. The Kier molecular flexibility index (Phi) is 22.8. The van der Waals surface area contributed by atoms with E-state index < -0.39 is 0 Å². The minimum absolute atomic E-state index is 0.0107. The molecule has 2 heteroatoms. The Morgan fingerprint density at radius 1 is 0.690 bits per heavy atom. The van der Waals surface area contributed by atoms with Crippen LogP contribution in [0.25, 0.3) is 0 Å². The number of unbranched alkanes of at least 4 members (excludes halogenated alkanes) is 13. The maximum absolute atomic E-state index is 11.9. The number of carbonyl (C=O) groups excluding carboxylic acids is 1. The standard InChI is InChI=1S/C27H52O2/c1-4-7-9-10-11-12-13-14-15-16-17-18-19-20-22-24-27(28)29-25-26(6-3)23-21-8-5-2/h14-15,26H,4-13,16-25H2,1-3H3/b15-14+.